The minimum atomic E-state index is -0.158. The smallest absolute Gasteiger partial charge is 0.123 e. The normalized spacial score (nSPS) is 28.1. The Balaban J connectivity index is 2.31. The first-order valence-electron chi connectivity index (χ1n) is 6.41. The summed E-state index contributed by atoms with van der Waals surface area (Å²) in [5.41, 5.74) is 8.85. The highest BCUT2D eigenvalue weighted by molar-refractivity contribution is 5.31. The molecule has 0 heterocycles. The topological polar surface area (TPSA) is 26.0 Å². The van der Waals surface area contributed by atoms with Gasteiger partial charge in [0.25, 0.3) is 0 Å². The summed E-state index contributed by atoms with van der Waals surface area (Å²) in [6.07, 6.45) is 3.35. The van der Waals surface area contributed by atoms with Gasteiger partial charge >= 0.3 is 0 Å². The summed E-state index contributed by atoms with van der Waals surface area (Å²) in [6, 6.07) is 5.30. The number of hydrogen-bond donors (Lipinski definition) is 1. The molecule has 2 atom stereocenters. The molecule has 2 heteroatoms. The van der Waals surface area contributed by atoms with Gasteiger partial charge in [-0.15, -0.1) is 0 Å². The largest absolute Gasteiger partial charge is 0.327 e. The summed E-state index contributed by atoms with van der Waals surface area (Å²) in [4.78, 5) is 0. The maximum absolute atomic E-state index is 13.1. The molecule has 0 bridgehead atoms. The Morgan fingerprint density at radius 1 is 1.35 bits per heavy atom. The molecule has 17 heavy (non-hydrogen) atoms. The second-order valence-corrected chi connectivity index (χ2v) is 6.18. The first kappa shape index (κ1) is 12.6. The van der Waals surface area contributed by atoms with E-state index in [9.17, 15) is 4.39 Å². The third-order valence-electron chi connectivity index (χ3n) is 4.08. The second kappa shape index (κ2) is 4.41. The van der Waals surface area contributed by atoms with Crippen molar-refractivity contribution in [3.05, 3.63) is 35.1 Å². The van der Waals surface area contributed by atoms with E-state index in [0.29, 0.717) is 11.3 Å². The maximum atomic E-state index is 13.1. The molecule has 0 aliphatic heterocycles. The molecule has 1 aromatic carbocycles. The van der Waals surface area contributed by atoms with Crippen molar-refractivity contribution in [1.82, 2.24) is 0 Å². The first-order chi connectivity index (χ1) is 7.89. The fourth-order valence-corrected chi connectivity index (χ4v) is 3.00. The molecule has 94 valence electrons. The van der Waals surface area contributed by atoms with Gasteiger partial charge in [0, 0.05) is 6.04 Å². The Hall–Kier alpha value is -0.890. The number of benzene rings is 1. The van der Waals surface area contributed by atoms with Crippen molar-refractivity contribution in [1.29, 1.82) is 0 Å². The van der Waals surface area contributed by atoms with Gasteiger partial charge in [0.2, 0.25) is 0 Å². The lowest BCUT2D eigenvalue weighted by Gasteiger charge is -2.40. The van der Waals surface area contributed by atoms with E-state index in [2.05, 4.69) is 13.8 Å². The van der Waals surface area contributed by atoms with E-state index in [1.807, 2.05) is 13.0 Å². The van der Waals surface area contributed by atoms with E-state index in [1.54, 1.807) is 12.1 Å². The van der Waals surface area contributed by atoms with E-state index in [4.69, 9.17) is 5.73 Å². The molecular weight excluding hydrogens is 213 g/mol. The van der Waals surface area contributed by atoms with Crippen LogP contribution in [0.2, 0.25) is 0 Å². The van der Waals surface area contributed by atoms with Crippen molar-refractivity contribution < 1.29 is 4.39 Å². The Bertz CT molecular complexity index is 411. The molecule has 0 radical (unpaired) electrons. The summed E-state index contributed by atoms with van der Waals surface area (Å²) in [7, 11) is 0. The van der Waals surface area contributed by atoms with Crippen LogP contribution in [0.3, 0.4) is 0 Å². The molecule has 1 aliphatic carbocycles. The summed E-state index contributed by atoms with van der Waals surface area (Å²) < 4.78 is 13.1. The molecule has 0 amide bonds. The highest BCUT2D eigenvalue weighted by atomic mass is 19.1. The lowest BCUT2D eigenvalue weighted by Crippen LogP contribution is -2.38. The average Bonchev–Trinajstić information content (AvgIpc) is 2.22. The molecule has 1 aromatic rings. The molecule has 1 saturated carbocycles. The van der Waals surface area contributed by atoms with Crippen molar-refractivity contribution in [3.63, 3.8) is 0 Å². The molecule has 1 fully saturated rings. The fourth-order valence-electron chi connectivity index (χ4n) is 3.00. The highest BCUT2D eigenvalue weighted by Gasteiger charge is 2.34. The number of halogens is 1. The lowest BCUT2D eigenvalue weighted by molar-refractivity contribution is 0.198. The van der Waals surface area contributed by atoms with E-state index in [1.165, 1.54) is 12.0 Å². The standard InChI is InChI=1S/C15H22FN/c1-10-8-11(16)4-5-12(10)13-9-15(2,3)7-6-14(13)17/h4-5,8,13-14H,6-7,9,17H2,1-3H3. The van der Waals surface area contributed by atoms with E-state index in [0.717, 1.165) is 18.4 Å². The molecule has 0 spiro atoms. The monoisotopic (exact) mass is 235 g/mol. The third-order valence-corrected chi connectivity index (χ3v) is 4.08. The molecule has 1 aliphatic rings. The minimum Gasteiger partial charge on any atom is -0.327 e. The maximum Gasteiger partial charge on any atom is 0.123 e. The zero-order valence-corrected chi connectivity index (χ0v) is 11.0. The zero-order chi connectivity index (χ0) is 12.6. The van der Waals surface area contributed by atoms with Crippen LogP contribution >= 0.6 is 0 Å². The van der Waals surface area contributed by atoms with Crippen LogP contribution in [0, 0.1) is 18.2 Å². The fraction of sp³-hybridized carbons (Fsp3) is 0.600. The van der Waals surface area contributed by atoms with Crippen LogP contribution in [0.5, 0.6) is 0 Å². The van der Waals surface area contributed by atoms with Crippen molar-refractivity contribution in [2.45, 2.75) is 52.0 Å². The van der Waals surface area contributed by atoms with Crippen molar-refractivity contribution >= 4 is 0 Å². The summed E-state index contributed by atoms with van der Waals surface area (Å²) in [5, 5.41) is 0. The van der Waals surface area contributed by atoms with Gasteiger partial charge < -0.3 is 5.73 Å². The molecule has 0 saturated heterocycles. The quantitative estimate of drug-likeness (QED) is 0.788. The molecule has 2 N–H and O–H groups in total. The van der Waals surface area contributed by atoms with Crippen LogP contribution in [0.15, 0.2) is 18.2 Å². The molecule has 0 aromatic heterocycles. The molecule has 2 unspecified atom stereocenters. The van der Waals surface area contributed by atoms with Gasteiger partial charge in [-0.05, 0) is 60.8 Å². The van der Waals surface area contributed by atoms with E-state index < -0.39 is 0 Å². The number of rotatable bonds is 1. The van der Waals surface area contributed by atoms with Gasteiger partial charge in [0.15, 0.2) is 0 Å². The zero-order valence-electron chi connectivity index (χ0n) is 11.0. The summed E-state index contributed by atoms with van der Waals surface area (Å²) in [6.45, 7) is 6.57. The molecular formula is C15H22FN. The predicted octanol–water partition coefficient (Wildman–Crippen LogP) is 3.76. The van der Waals surface area contributed by atoms with Gasteiger partial charge in [-0.3, -0.25) is 0 Å². The Morgan fingerprint density at radius 3 is 2.71 bits per heavy atom. The van der Waals surface area contributed by atoms with Gasteiger partial charge in [-0.25, -0.2) is 4.39 Å². The van der Waals surface area contributed by atoms with E-state index in [-0.39, 0.29) is 11.9 Å². The Labute approximate surface area is 103 Å². The van der Waals surface area contributed by atoms with Crippen LogP contribution in [-0.4, -0.2) is 6.04 Å². The van der Waals surface area contributed by atoms with Gasteiger partial charge in [0.05, 0.1) is 0 Å². The SMILES string of the molecule is Cc1cc(F)ccc1C1CC(C)(C)CCC1N. The minimum absolute atomic E-state index is 0.158. The average molecular weight is 235 g/mol. The van der Waals surface area contributed by atoms with Crippen molar-refractivity contribution in [2.75, 3.05) is 0 Å². The van der Waals surface area contributed by atoms with Crippen LogP contribution in [0.1, 0.15) is 50.2 Å². The number of nitrogens with two attached hydrogens (primary N) is 1. The van der Waals surface area contributed by atoms with Crippen LogP contribution in [0.4, 0.5) is 4.39 Å². The third kappa shape index (κ3) is 2.68. The van der Waals surface area contributed by atoms with Gasteiger partial charge in [-0.2, -0.15) is 0 Å². The van der Waals surface area contributed by atoms with Crippen LogP contribution in [0.25, 0.3) is 0 Å². The number of aryl methyl sites for hydroxylation is 1. The van der Waals surface area contributed by atoms with Crippen LogP contribution in [-0.2, 0) is 0 Å². The highest BCUT2D eigenvalue weighted by Crippen LogP contribution is 2.43. The summed E-state index contributed by atoms with van der Waals surface area (Å²) >= 11 is 0. The summed E-state index contributed by atoms with van der Waals surface area (Å²) in [5.74, 6) is 0.217. The van der Waals surface area contributed by atoms with Crippen molar-refractivity contribution in [3.8, 4) is 0 Å². The predicted molar refractivity (Wildman–Crippen MR) is 69.5 cm³/mol. The second-order valence-electron chi connectivity index (χ2n) is 6.18. The number of hydrogen-bond acceptors (Lipinski definition) is 1. The van der Waals surface area contributed by atoms with Gasteiger partial charge in [0.1, 0.15) is 5.82 Å². The molecule has 1 nitrogen and oxygen atoms in total. The van der Waals surface area contributed by atoms with Gasteiger partial charge in [-0.1, -0.05) is 19.9 Å². The Kier molecular flexibility index (Phi) is 3.26. The van der Waals surface area contributed by atoms with E-state index >= 15 is 0 Å². The van der Waals surface area contributed by atoms with Crippen LogP contribution < -0.4 is 5.73 Å². The Morgan fingerprint density at radius 2 is 2.06 bits per heavy atom. The lowest BCUT2D eigenvalue weighted by atomic mass is 9.67. The van der Waals surface area contributed by atoms with Crippen molar-refractivity contribution in [2.24, 2.45) is 11.1 Å². The first-order valence-corrected chi connectivity index (χ1v) is 6.41. The molecule has 2 rings (SSSR count).